The number of rotatable bonds is 10. The topological polar surface area (TPSA) is 44.9 Å². The van der Waals surface area contributed by atoms with Crippen molar-refractivity contribution >= 4 is 21.8 Å². The minimum absolute atomic E-state index is 0.432. The molecule has 0 saturated heterocycles. The van der Waals surface area contributed by atoms with Gasteiger partial charge in [0.15, 0.2) is 0 Å². The zero-order valence-electron chi connectivity index (χ0n) is 29.4. The fraction of sp³-hybridized carbons (Fsp3) is 0.349. The van der Waals surface area contributed by atoms with E-state index in [-0.39, 0.29) is 0 Å². The van der Waals surface area contributed by atoms with Gasteiger partial charge in [0.25, 0.3) is 0 Å². The second-order valence-electron chi connectivity index (χ2n) is 13.7. The molecule has 0 radical (unpaired) electrons. The minimum Gasteiger partial charge on any atom is -0.457 e. The second kappa shape index (κ2) is 13.5. The van der Waals surface area contributed by atoms with Gasteiger partial charge < -0.3 is 4.74 Å². The van der Waals surface area contributed by atoms with Crippen molar-refractivity contribution in [2.24, 2.45) is 5.92 Å². The van der Waals surface area contributed by atoms with Crippen molar-refractivity contribution < 1.29 is 4.74 Å². The predicted molar refractivity (Wildman–Crippen MR) is 199 cm³/mol. The number of nitrogens with zero attached hydrogens (tertiary/aromatic N) is 4. The van der Waals surface area contributed by atoms with Crippen molar-refractivity contribution in [2.45, 2.75) is 92.4 Å². The van der Waals surface area contributed by atoms with Gasteiger partial charge in [0.1, 0.15) is 17.3 Å². The highest BCUT2D eigenvalue weighted by Gasteiger charge is 2.31. The Morgan fingerprint density at radius 1 is 0.833 bits per heavy atom. The van der Waals surface area contributed by atoms with E-state index < -0.39 is 0 Å². The quantitative estimate of drug-likeness (QED) is 0.141. The molecule has 1 aliphatic rings. The average Bonchev–Trinajstić information content (AvgIpc) is 3.60. The molecule has 0 bridgehead atoms. The summed E-state index contributed by atoms with van der Waals surface area (Å²) in [5, 5.41) is 7.78. The molecule has 48 heavy (non-hydrogen) atoms. The molecule has 3 aromatic heterocycles. The summed E-state index contributed by atoms with van der Waals surface area (Å²) in [6, 6.07) is 25.8. The van der Waals surface area contributed by atoms with Crippen LogP contribution < -0.4 is 4.74 Å². The van der Waals surface area contributed by atoms with E-state index in [0.29, 0.717) is 11.8 Å². The first-order chi connectivity index (χ1) is 23.4. The lowest BCUT2D eigenvalue weighted by Crippen LogP contribution is -2.18. The highest BCUT2D eigenvalue weighted by Crippen LogP contribution is 2.43. The number of hydrogen-bond donors (Lipinski definition) is 0. The molecular formula is C43H48N4O. The number of aromatic nitrogens is 4. The van der Waals surface area contributed by atoms with Gasteiger partial charge in [-0.3, -0.25) is 4.57 Å². The number of pyridine rings is 1. The van der Waals surface area contributed by atoms with Crippen LogP contribution in [0.25, 0.3) is 33.3 Å². The third-order valence-corrected chi connectivity index (χ3v) is 10.1. The SMILES string of the molecule is CCCc1nn(-c2cc(CC)cc(Oc3ccc4c5ccccc5n(-c5cc(C)ccn5)c4c3)c2)c(CCC)c1C1C(C)=CCC[C@@H]1C. The molecule has 5 heteroatoms. The molecule has 5 nitrogen and oxygen atoms in total. The van der Waals surface area contributed by atoms with Crippen LogP contribution >= 0.6 is 0 Å². The first kappa shape index (κ1) is 31.9. The summed E-state index contributed by atoms with van der Waals surface area (Å²) in [4.78, 5) is 4.76. The summed E-state index contributed by atoms with van der Waals surface area (Å²) < 4.78 is 11.3. The predicted octanol–water partition coefficient (Wildman–Crippen LogP) is 11.4. The smallest absolute Gasteiger partial charge is 0.137 e. The maximum Gasteiger partial charge on any atom is 0.137 e. The van der Waals surface area contributed by atoms with Crippen LogP contribution in [0.4, 0.5) is 0 Å². The highest BCUT2D eigenvalue weighted by atomic mass is 16.5. The molecule has 6 aromatic rings. The Bertz CT molecular complexity index is 2130. The highest BCUT2D eigenvalue weighted by molar-refractivity contribution is 6.09. The molecule has 1 aliphatic carbocycles. The lowest BCUT2D eigenvalue weighted by atomic mass is 9.74. The van der Waals surface area contributed by atoms with Crippen molar-refractivity contribution in [1.82, 2.24) is 19.3 Å². The van der Waals surface area contributed by atoms with E-state index in [0.717, 1.165) is 66.1 Å². The van der Waals surface area contributed by atoms with E-state index in [2.05, 4.69) is 124 Å². The fourth-order valence-corrected chi connectivity index (χ4v) is 7.88. The summed E-state index contributed by atoms with van der Waals surface area (Å²) in [6.45, 7) is 13.6. The normalized spacial score (nSPS) is 16.5. The molecule has 3 heterocycles. The third kappa shape index (κ3) is 5.85. The second-order valence-corrected chi connectivity index (χ2v) is 13.7. The van der Waals surface area contributed by atoms with Crippen molar-refractivity contribution in [3.8, 4) is 23.0 Å². The number of hydrogen-bond acceptors (Lipinski definition) is 3. The lowest BCUT2D eigenvalue weighted by Gasteiger charge is -2.30. The molecule has 7 rings (SSSR count). The summed E-state index contributed by atoms with van der Waals surface area (Å²) in [7, 11) is 0. The third-order valence-electron chi connectivity index (χ3n) is 10.1. The van der Waals surface area contributed by atoms with E-state index >= 15 is 0 Å². The van der Waals surface area contributed by atoms with Gasteiger partial charge in [-0.05, 0) is 105 Å². The molecule has 0 saturated carbocycles. The van der Waals surface area contributed by atoms with Crippen LogP contribution in [0.2, 0.25) is 0 Å². The van der Waals surface area contributed by atoms with E-state index in [4.69, 9.17) is 14.8 Å². The molecule has 0 aliphatic heterocycles. The molecule has 0 fully saturated rings. The fourth-order valence-electron chi connectivity index (χ4n) is 7.88. The van der Waals surface area contributed by atoms with Gasteiger partial charge in [0.2, 0.25) is 0 Å². The maximum absolute atomic E-state index is 6.75. The number of benzene rings is 3. The van der Waals surface area contributed by atoms with Gasteiger partial charge >= 0.3 is 0 Å². The first-order valence-electron chi connectivity index (χ1n) is 18.0. The van der Waals surface area contributed by atoms with Crippen LogP contribution in [0.3, 0.4) is 0 Å². The molecule has 2 atom stereocenters. The largest absolute Gasteiger partial charge is 0.457 e. The number of allylic oxidation sites excluding steroid dienone is 2. The van der Waals surface area contributed by atoms with Gasteiger partial charge in [-0.1, -0.05) is 70.4 Å². The van der Waals surface area contributed by atoms with Crippen molar-refractivity contribution in [3.05, 3.63) is 119 Å². The van der Waals surface area contributed by atoms with Gasteiger partial charge in [-0.25, -0.2) is 9.67 Å². The van der Waals surface area contributed by atoms with Gasteiger partial charge in [-0.2, -0.15) is 5.10 Å². The number of para-hydroxylation sites is 1. The van der Waals surface area contributed by atoms with Crippen molar-refractivity contribution in [1.29, 1.82) is 0 Å². The summed E-state index contributed by atoms with van der Waals surface area (Å²) >= 11 is 0. The van der Waals surface area contributed by atoms with E-state index in [1.807, 2.05) is 12.3 Å². The standard InChI is InChI=1S/C43H48N4O/c1-7-13-37-43(42-29(5)15-12-16-30(42)6)39(14-8-2)47(45-37)32-24-31(9-3)25-34(26-32)48-33-19-20-36-35-17-10-11-18-38(35)46(40(36)27-33)41-23-28(4)21-22-44-41/h10-11,15,17-27,30,42H,7-9,12-14,16H2,1-6H3/t30-,42?/m0/s1. The molecular weight excluding hydrogens is 589 g/mol. The Labute approximate surface area is 285 Å². The van der Waals surface area contributed by atoms with Gasteiger partial charge in [0.05, 0.1) is 22.4 Å². The Kier molecular flexibility index (Phi) is 8.96. The van der Waals surface area contributed by atoms with E-state index in [1.165, 1.54) is 57.3 Å². The molecule has 0 spiro atoms. The molecule has 0 N–H and O–H groups in total. The van der Waals surface area contributed by atoms with Gasteiger partial charge in [0, 0.05) is 46.3 Å². The van der Waals surface area contributed by atoms with Crippen LogP contribution in [0.15, 0.2) is 90.6 Å². The minimum atomic E-state index is 0.432. The molecule has 1 unspecified atom stereocenters. The van der Waals surface area contributed by atoms with E-state index in [9.17, 15) is 0 Å². The zero-order valence-corrected chi connectivity index (χ0v) is 29.4. The van der Waals surface area contributed by atoms with Crippen LogP contribution in [0.1, 0.15) is 94.3 Å². The average molecular weight is 637 g/mol. The van der Waals surface area contributed by atoms with Crippen LogP contribution in [-0.2, 0) is 19.3 Å². The lowest BCUT2D eigenvalue weighted by molar-refractivity contribution is 0.445. The van der Waals surface area contributed by atoms with Gasteiger partial charge in [-0.15, -0.1) is 0 Å². The number of ether oxygens (including phenoxy) is 1. The van der Waals surface area contributed by atoms with Crippen molar-refractivity contribution in [2.75, 3.05) is 0 Å². The molecule has 0 amide bonds. The monoisotopic (exact) mass is 636 g/mol. The molecule has 3 aromatic carbocycles. The van der Waals surface area contributed by atoms with Crippen LogP contribution in [0.5, 0.6) is 11.5 Å². The number of fused-ring (bicyclic) bond motifs is 3. The molecule has 246 valence electrons. The zero-order chi connectivity index (χ0) is 33.4. The Hall–Kier alpha value is -4.64. The Balaban J connectivity index is 1.34. The summed E-state index contributed by atoms with van der Waals surface area (Å²) in [5.41, 5.74) is 11.3. The first-order valence-corrected chi connectivity index (χ1v) is 18.0. The summed E-state index contributed by atoms with van der Waals surface area (Å²) in [6.07, 6.45) is 11.8. The van der Waals surface area contributed by atoms with Crippen molar-refractivity contribution in [3.63, 3.8) is 0 Å². The number of aryl methyl sites for hydroxylation is 3. The van der Waals surface area contributed by atoms with Crippen LogP contribution in [0, 0.1) is 12.8 Å². The maximum atomic E-state index is 6.75. The van der Waals surface area contributed by atoms with Crippen LogP contribution in [-0.4, -0.2) is 19.3 Å². The Morgan fingerprint density at radius 3 is 2.42 bits per heavy atom. The Morgan fingerprint density at radius 2 is 1.65 bits per heavy atom. The van der Waals surface area contributed by atoms with E-state index in [1.54, 1.807) is 0 Å². The summed E-state index contributed by atoms with van der Waals surface area (Å²) in [5.74, 6) is 3.59.